The maximum atomic E-state index is 12.5. The molecule has 1 amide bonds. The summed E-state index contributed by atoms with van der Waals surface area (Å²) < 4.78 is 25.5. The number of sulfonamides is 1. The van der Waals surface area contributed by atoms with Crippen LogP contribution in [-0.4, -0.2) is 68.4 Å². The number of nitrogens with one attached hydrogen (secondary N) is 1. The van der Waals surface area contributed by atoms with Gasteiger partial charge in [-0.15, -0.1) is 0 Å². The number of rotatable bonds is 5. The molecule has 1 fully saturated rings. The van der Waals surface area contributed by atoms with E-state index in [2.05, 4.69) is 28.5 Å². The molecule has 0 bridgehead atoms. The predicted molar refractivity (Wildman–Crippen MR) is 87.7 cm³/mol. The molecule has 128 valence electrons. The van der Waals surface area contributed by atoms with Crippen LogP contribution in [0, 0.1) is 0 Å². The van der Waals surface area contributed by atoms with E-state index in [0.717, 1.165) is 19.5 Å². The van der Waals surface area contributed by atoms with Gasteiger partial charge in [-0.2, -0.15) is 0 Å². The Bertz CT molecular complexity index is 658. The zero-order valence-corrected chi connectivity index (χ0v) is 14.8. The molecule has 1 saturated heterocycles. The molecular formula is C15H24N4O3S. The third-order valence-corrected chi connectivity index (χ3v) is 5.65. The van der Waals surface area contributed by atoms with Gasteiger partial charge < -0.3 is 4.90 Å². The molecule has 0 aromatic carbocycles. The van der Waals surface area contributed by atoms with E-state index in [1.807, 2.05) is 0 Å². The maximum absolute atomic E-state index is 12.5. The number of pyridine rings is 1. The van der Waals surface area contributed by atoms with E-state index >= 15 is 0 Å². The fourth-order valence-corrected chi connectivity index (χ4v) is 3.34. The zero-order chi connectivity index (χ0) is 17.2. The Morgan fingerprint density at radius 2 is 2.13 bits per heavy atom. The van der Waals surface area contributed by atoms with Crippen molar-refractivity contribution in [2.24, 2.45) is 0 Å². The standard InChI is InChI=1S/C15H24N4O3S/c1-11(2)19-8-7-13(10-19)18(4)15(20)12-5-6-14(17-9-12)23(21,22)16-3/h5-6,9,11,13,16H,7-8,10H2,1-4H3/t13-/m1/s1. The number of likely N-dealkylation sites (tertiary alicyclic amines) is 1. The van der Waals surface area contributed by atoms with Crippen LogP contribution in [0.5, 0.6) is 0 Å². The van der Waals surface area contributed by atoms with Crippen LogP contribution >= 0.6 is 0 Å². The zero-order valence-electron chi connectivity index (χ0n) is 14.0. The second kappa shape index (κ2) is 6.94. The van der Waals surface area contributed by atoms with Crippen molar-refractivity contribution in [3.63, 3.8) is 0 Å². The van der Waals surface area contributed by atoms with E-state index in [1.54, 1.807) is 11.9 Å². The fourth-order valence-electron chi connectivity index (χ4n) is 2.69. The Hall–Kier alpha value is -1.51. The molecule has 1 atom stereocenters. The molecule has 1 aromatic heterocycles. The highest BCUT2D eigenvalue weighted by Gasteiger charge is 2.30. The molecule has 0 unspecified atom stereocenters. The smallest absolute Gasteiger partial charge is 0.257 e. The normalized spacial score (nSPS) is 19.3. The Morgan fingerprint density at radius 1 is 1.43 bits per heavy atom. The van der Waals surface area contributed by atoms with Crippen molar-refractivity contribution < 1.29 is 13.2 Å². The molecule has 8 heteroatoms. The first-order valence-electron chi connectivity index (χ1n) is 7.67. The molecule has 1 aliphatic heterocycles. The Morgan fingerprint density at radius 3 is 2.61 bits per heavy atom. The molecule has 0 spiro atoms. The Balaban J connectivity index is 2.09. The van der Waals surface area contributed by atoms with E-state index in [0.29, 0.717) is 11.6 Å². The minimum atomic E-state index is -3.59. The lowest BCUT2D eigenvalue weighted by Gasteiger charge is -2.26. The quantitative estimate of drug-likeness (QED) is 0.846. The molecule has 0 saturated carbocycles. The lowest BCUT2D eigenvalue weighted by atomic mass is 10.2. The van der Waals surface area contributed by atoms with Gasteiger partial charge in [0.25, 0.3) is 15.9 Å². The number of nitrogens with zero attached hydrogens (tertiary/aromatic N) is 3. The molecule has 7 nitrogen and oxygen atoms in total. The highest BCUT2D eigenvalue weighted by Crippen LogP contribution is 2.18. The van der Waals surface area contributed by atoms with Crippen molar-refractivity contribution in [3.8, 4) is 0 Å². The van der Waals surface area contributed by atoms with Gasteiger partial charge in [-0.3, -0.25) is 9.69 Å². The second-order valence-electron chi connectivity index (χ2n) is 6.04. The third kappa shape index (κ3) is 3.88. The molecule has 2 heterocycles. The van der Waals surface area contributed by atoms with Crippen LogP contribution in [0.15, 0.2) is 23.4 Å². The molecule has 1 N–H and O–H groups in total. The van der Waals surface area contributed by atoms with Gasteiger partial charge in [-0.05, 0) is 39.4 Å². The number of aromatic nitrogens is 1. The van der Waals surface area contributed by atoms with Crippen molar-refractivity contribution >= 4 is 15.9 Å². The van der Waals surface area contributed by atoms with Crippen LogP contribution < -0.4 is 4.72 Å². The van der Waals surface area contributed by atoms with Crippen molar-refractivity contribution in [2.75, 3.05) is 27.2 Å². The molecule has 0 radical (unpaired) electrons. The van der Waals surface area contributed by atoms with Gasteiger partial charge in [0.05, 0.1) is 5.56 Å². The van der Waals surface area contributed by atoms with Crippen molar-refractivity contribution in [1.82, 2.24) is 19.5 Å². The third-order valence-electron chi connectivity index (χ3n) is 4.32. The molecule has 1 aliphatic rings. The molecule has 2 rings (SSSR count). The minimum Gasteiger partial charge on any atom is -0.337 e. The highest BCUT2D eigenvalue weighted by atomic mass is 32.2. The Kier molecular flexibility index (Phi) is 5.38. The molecule has 0 aliphatic carbocycles. The average Bonchev–Trinajstić information content (AvgIpc) is 3.04. The van der Waals surface area contributed by atoms with Crippen molar-refractivity contribution in [3.05, 3.63) is 23.9 Å². The minimum absolute atomic E-state index is 0.0916. The first kappa shape index (κ1) is 17.8. The van der Waals surface area contributed by atoms with Crippen LogP contribution in [0.1, 0.15) is 30.6 Å². The first-order chi connectivity index (χ1) is 10.8. The summed E-state index contributed by atoms with van der Waals surface area (Å²) in [6, 6.07) is 3.49. The number of amides is 1. The van der Waals surface area contributed by atoms with Crippen LogP contribution in [0.4, 0.5) is 0 Å². The summed E-state index contributed by atoms with van der Waals surface area (Å²) in [5, 5.41) is -0.0916. The van der Waals surface area contributed by atoms with Gasteiger partial charge >= 0.3 is 0 Å². The van der Waals surface area contributed by atoms with E-state index in [-0.39, 0.29) is 17.0 Å². The van der Waals surface area contributed by atoms with E-state index < -0.39 is 10.0 Å². The van der Waals surface area contributed by atoms with E-state index in [1.165, 1.54) is 25.4 Å². The molecule has 23 heavy (non-hydrogen) atoms. The lowest BCUT2D eigenvalue weighted by molar-refractivity contribution is 0.0731. The first-order valence-corrected chi connectivity index (χ1v) is 9.15. The maximum Gasteiger partial charge on any atom is 0.257 e. The summed E-state index contributed by atoms with van der Waals surface area (Å²) in [5.41, 5.74) is 0.394. The van der Waals surface area contributed by atoms with Gasteiger partial charge in [0.2, 0.25) is 0 Å². The van der Waals surface area contributed by atoms with Crippen molar-refractivity contribution in [1.29, 1.82) is 0 Å². The largest absolute Gasteiger partial charge is 0.337 e. The van der Waals surface area contributed by atoms with E-state index in [4.69, 9.17) is 0 Å². The SMILES string of the molecule is CNS(=O)(=O)c1ccc(C(=O)N(C)[C@@H]2CCN(C(C)C)C2)cn1. The van der Waals surface area contributed by atoms with Gasteiger partial charge in [0.1, 0.15) is 0 Å². The number of carbonyl (C=O) groups is 1. The van der Waals surface area contributed by atoms with Gasteiger partial charge in [0.15, 0.2) is 5.03 Å². The number of hydrogen-bond donors (Lipinski definition) is 1. The van der Waals surface area contributed by atoms with Gasteiger partial charge in [-0.1, -0.05) is 0 Å². The summed E-state index contributed by atoms with van der Waals surface area (Å²) in [6.07, 6.45) is 2.26. The number of hydrogen-bond acceptors (Lipinski definition) is 5. The molecular weight excluding hydrogens is 316 g/mol. The monoisotopic (exact) mass is 340 g/mol. The second-order valence-corrected chi connectivity index (χ2v) is 7.87. The molecule has 1 aromatic rings. The topological polar surface area (TPSA) is 82.6 Å². The summed E-state index contributed by atoms with van der Waals surface area (Å²) >= 11 is 0. The highest BCUT2D eigenvalue weighted by molar-refractivity contribution is 7.89. The average molecular weight is 340 g/mol. The predicted octanol–water partition coefficient (Wildman–Crippen LogP) is 0.544. The van der Waals surface area contributed by atoms with Crippen LogP contribution in [0.3, 0.4) is 0 Å². The van der Waals surface area contributed by atoms with Crippen LogP contribution in [0.25, 0.3) is 0 Å². The van der Waals surface area contributed by atoms with Gasteiger partial charge in [-0.25, -0.2) is 18.1 Å². The van der Waals surface area contributed by atoms with Crippen LogP contribution in [-0.2, 0) is 10.0 Å². The summed E-state index contributed by atoms with van der Waals surface area (Å²) in [5.74, 6) is -0.137. The fraction of sp³-hybridized carbons (Fsp3) is 0.600. The Labute approximate surface area is 137 Å². The van der Waals surface area contributed by atoms with E-state index in [9.17, 15) is 13.2 Å². The van der Waals surface area contributed by atoms with Crippen LogP contribution in [0.2, 0.25) is 0 Å². The van der Waals surface area contributed by atoms with Gasteiger partial charge in [0, 0.05) is 38.4 Å². The number of carbonyl (C=O) groups excluding carboxylic acids is 1. The summed E-state index contributed by atoms with van der Waals surface area (Å²) in [7, 11) is -0.475. The van der Waals surface area contributed by atoms with Crippen molar-refractivity contribution in [2.45, 2.75) is 37.4 Å². The summed E-state index contributed by atoms with van der Waals surface area (Å²) in [4.78, 5) is 20.5. The lowest BCUT2D eigenvalue weighted by Crippen LogP contribution is -2.40. The summed E-state index contributed by atoms with van der Waals surface area (Å²) in [6.45, 7) is 6.14. The number of likely N-dealkylation sites (N-methyl/N-ethyl adjacent to an activating group) is 1.